The maximum Gasteiger partial charge on any atom is 0.410 e. The molecular formula is C15H20N2O4. The number of ether oxygens (including phenoxy) is 1. The minimum atomic E-state index is -0.692. The molecule has 6 heteroatoms. The van der Waals surface area contributed by atoms with Crippen LogP contribution in [0, 0.1) is 0 Å². The van der Waals surface area contributed by atoms with Gasteiger partial charge in [0.2, 0.25) is 5.91 Å². The standard InChI is InChI=1S/C15H20N2O4/c1-16(2)14(19)13-8-12(18)9-17(13)15(20)21-10-11-6-4-3-5-7-11/h3-7,12-13,18H,8-10H2,1-2H3/t12-,13+/m1/s1. The Morgan fingerprint density at radius 2 is 2.00 bits per heavy atom. The van der Waals surface area contributed by atoms with Gasteiger partial charge in [0.1, 0.15) is 12.6 Å². The van der Waals surface area contributed by atoms with E-state index in [2.05, 4.69) is 0 Å². The molecule has 1 N–H and O–H groups in total. The van der Waals surface area contributed by atoms with Crippen molar-refractivity contribution in [1.29, 1.82) is 0 Å². The van der Waals surface area contributed by atoms with Gasteiger partial charge in [0, 0.05) is 20.5 Å². The second-order valence-electron chi connectivity index (χ2n) is 5.33. The van der Waals surface area contributed by atoms with Crippen LogP contribution in [0.2, 0.25) is 0 Å². The molecule has 114 valence electrons. The van der Waals surface area contributed by atoms with Gasteiger partial charge < -0.3 is 14.7 Å². The van der Waals surface area contributed by atoms with Crippen LogP contribution in [0.4, 0.5) is 4.79 Å². The highest BCUT2D eigenvalue weighted by atomic mass is 16.6. The molecule has 1 heterocycles. The summed E-state index contributed by atoms with van der Waals surface area (Å²) in [5.74, 6) is -0.205. The van der Waals surface area contributed by atoms with E-state index in [4.69, 9.17) is 4.74 Å². The predicted octanol–water partition coefficient (Wildman–Crippen LogP) is 0.847. The second-order valence-corrected chi connectivity index (χ2v) is 5.33. The van der Waals surface area contributed by atoms with Gasteiger partial charge >= 0.3 is 6.09 Å². The summed E-state index contributed by atoms with van der Waals surface area (Å²) < 4.78 is 5.23. The number of β-amino-alcohol motifs (C(OH)–C–C–N with tert-alkyl or cyclic N) is 1. The maximum absolute atomic E-state index is 12.1. The zero-order valence-corrected chi connectivity index (χ0v) is 12.2. The minimum absolute atomic E-state index is 0.123. The molecule has 1 aliphatic rings. The van der Waals surface area contributed by atoms with Crippen LogP contribution in [0.1, 0.15) is 12.0 Å². The molecule has 21 heavy (non-hydrogen) atoms. The summed E-state index contributed by atoms with van der Waals surface area (Å²) >= 11 is 0. The van der Waals surface area contributed by atoms with Crippen molar-refractivity contribution in [3.63, 3.8) is 0 Å². The van der Waals surface area contributed by atoms with Crippen LogP contribution in [0.15, 0.2) is 30.3 Å². The van der Waals surface area contributed by atoms with E-state index in [1.807, 2.05) is 30.3 Å². The molecule has 1 fully saturated rings. The van der Waals surface area contributed by atoms with E-state index >= 15 is 0 Å². The van der Waals surface area contributed by atoms with Gasteiger partial charge in [-0.25, -0.2) is 4.79 Å². The average Bonchev–Trinajstić information content (AvgIpc) is 2.87. The SMILES string of the molecule is CN(C)C(=O)[C@@H]1C[C@@H](O)CN1C(=O)OCc1ccccc1. The number of aliphatic hydroxyl groups is 1. The third-order valence-corrected chi connectivity index (χ3v) is 3.44. The Kier molecular flexibility index (Phi) is 4.80. The number of amides is 2. The quantitative estimate of drug-likeness (QED) is 0.896. The molecule has 1 aromatic rings. The normalized spacial score (nSPS) is 21.2. The average molecular weight is 292 g/mol. The van der Waals surface area contributed by atoms with Crippen molar-refractivity contribution in [2.45, 2.75) is 25.2 Å². The highest BCUT2D eigenvalue weighted by molar-refractivity contribution is 5.86. The van der Waals surface area contributed by atoms with Gasteiger partial charge in [0.15, 0.2) is 0 Å². The van der Waals surface area contributed by atoms with Crippen LogP contribution in [-0.4, -0.2) is 59.7 Å². The predicted molar refractivity (Wildman–Crippen MR) is 76.4 cm³/mol. The van der Waals surface area contributed by atoms with Crippen LogP contribution in [0.3, 0.4) is 0 Å². The Labute approximate surface area is 123 Å². The van der Waals surface area contributed by atoms with Crippen molar-refractivity contribution in [3.05, 3.63) is 35.9 Å². The van der Waals surface area contributed by atoms with Crippen LogP contribution in [0.25, 0.3) is 0 Å². The van der Waals surface area contributed by atoms with Crippen molar-refractivity contribution in [2.24, 2.45) is 0 Å². The number of likely N-dealkylation sites (tertiary alicyclic amines) is 1. The lowest BCUT2D eigenvalue weighted by Gasteiger charge is -2.25. The first-order valence-corrected chi connectivity index (χ1v) is 6.85. The van der Waals surface area contributed by atoms with Crippen molar-refractivity contribution >= 4 is 12.0 Å². The molecule has 0 spiro atoms. The van der Waals surface area contributed by atoms with Crippen LogP contribution in [0.5, 0.6) is 0 Å². The summed E-state index contributed by atoms with van der Waals surface area (Å²) in [6, 6.07) is 8.66. The van der Waals surface area contributed by atoms with Gasteiger partial charge in [-0.05, 0) is 5.56 Å². The Morgan fingerprint density at radius 1 is 1.33 bits per heavy atom. The van der Waals surface area contributed by atoms with Crippen molar-refractivity contribution in [1.82, 2.24) is 9.80 Å². The van der Waals surface area contributed by atoms with Gasteiger partial charge in [-0.3, -0.25) is 9.69 Å². The fraction of sp³-hybridized carbons (Fsp3) is 0.467. The van der Waals surface area contributed by atoms with E-state index in [9.17, 15) is 14.7 Å². The first kappa shape index (κ1) is 15.3. The number of hydrogen-bond acceptors (Lipinski definition) is 4. The summed E-state index contributed by atoms with van der Waals surface area (Å²) in [4.78, 5) is 26.9. The maximum atomic E-state index is 12.1. The molecule has 0 saturated carbocycles. The summed E-state index contributed by atoms with van der Waals surface area (Å²) in [5, 5.41) is 9.71. The molecule has 1 saturated heterocycles. The zero-order valence-electron chi connectivity index (χ0n) is 12.2. The zero-order chi connectivity index (χ0) is 15.4. The summed E-state index contributed by atoms with van der Waals surface area (Å²) in [6.45, 7) is 0.271. The smallest absolute Gasteiger partial charge is 0.410 e. The van der Waals surface area contributed by atoms with Crippen LogP contribution < -0.4 is 0 Å². The molecule has 0 radical (unpaired) electrons. The molecular weight excluding hydrogens is 272 g/mol. The van der Waals surface area contributed by atoms with Crippen LogP contribution >= 0.6 is 0 Å². The Hall–Kier alpha value is -2.08. The molecule has 1 aromatic carbocycles. The van der Waals surface area contributed by atoms with Gasteiger partial charge in [-0.2, -0.15) is 0 Å². The third-order valence-electron chi connectivity index (χ3n) is 3.44. The number of nitrogens with zero attached hydrogens (tertiary/aromatic N) is 2. The molecule has 1 aliphatic heterocycles. The second kappa shape index (κ2) is 6.58. The van der Waals surface area contributed by atoms with Crippen molar-refractivity contribution in [3.8, 4) is 0 Å². The number of carbonyl (C=O) groups excluding carboxylic acids is 2. The van der Waals surface area contributed by atoms with Gasteiger partial charge in [0.05, 0.1) is 12.6 Å². The molecule has 0 aromatic heterocycles. The van der Waals surface area contributed by atoms with E-state index < -0.39 is 18.2 Å². The first-order chi connectivity index (χ1) is 9.99. The van der Waals surface area contributed by atoms with Crippen molar-refractivity contribution in [2.75, 3.05) is 20.6 Å². The van der Waals surface area contributed by atoms with Gasteiger partial charge in [-0.15, -0.1) is 0 Å². The van der Waals surface area contributed by atoms with E-state index in [0.717, 1.165) is 5.56 Å². The lowest BCUT2D eigenvalue weighted by Crippen LogP contribution is -2.45. The molecule has 0 aliphatic carbocycles. The summed E-state index contributed by atoms with van der Waals surface area (Å²) in [6.07, 6.45) is -1.02. The monoisotopic (exact) mass is 292 g/mol. The minimum Gasteiger partial charge on any atom is -0.445 e. The molecule has 0 unspecified atom stereocenters. The molecule has 0 bridgehead atoms. The molecule has 2 amide bonds. The first-order valence-electron chi connectivity index (χ1n) is 6.85. The molecule has 2 rings (SSSR count). The fourth-order valence-corrected chi connectivity index (χ4v) is 2.35. The number of aliphatic hydroxyl groups excluding tert-OH is 1. The number of carbonyl (C=O) groups is 2. The number of benzene rings is 1. The Balaban J connectivity index is 1.98. The van der Waals surface area contributed by atoms with Crippen LogP contribution in [-0.2, 0) is 16.1 Å². The summed E-state index contributed by atoms with van der Waals surface area (Å²) in [5.41, 5.74) is 0.876. The Morgan fingerprint density at radius 3 is 2.62 bits per heavy atom. The van der Waals surface area contributed by atoms with Crippen molar-refractivity contribution < 1.29 is 19.4 Å². The number of hydrogen-bond donors (Lipinski definition) is 1. The van der Waals surface area contributed by atoms with Gasteiger partial charge in [-0.1, -0.05) is 30.3 Å². The largest absolute Gasteiger partial charge is 0.445 e. The van der Waals surface area contributed by atoms with Gasteiger partial charge in [0.25, 0.3) is 0 Å². The molecule has 2 atom stereocenters. The fourth-order valence-electron chi connectivity index (χ4n) is 2.35. The van der Waals surface area contributed by atoms with E-state index in [1.165, 1.54) is 9.80 Å². The topological polar surface area (TPSA) is 70.1 Å². The van der Waals surface area contributed by atoms with E-state index in [1.54, 1.807) is 14.1 Å². The highest BCUT2D eigenvalue weighted by Crippen LogP contribution is 2.20. The lowest BCUT2D eigenvalue weighted by atomic mass is 10.2. The molecule has 6 nitrogen and oxygen atoms in total. The number of likely N-dealkylation sites (N-methyl/N-ethyl adjacent to an activating group) is 1. The van der Waals surface area contributed by atoms with E-state index in [-0.39, 0.29) is 25.5 Å². The summed E-state index contributed by atoms with van der Waals surface area (Å²) in [7, 11) is 3.25. The third kappa shape index (κ3) is 3.72. The highest BCUT2D eigenvalue weighted by Gasteiger charge is 2.40. The Bertz CT molecular complexity index is 504. The lowest BCUT2D eigenvalue weighted by molar-refractivity contribution is -0.133. The number of rotatable bonds is 3. The van der Waals surface area contributed by atoms with E-state index in [0.29, 0.717) is 0 Å².